The standard InChI is InChI=1S/C8H2Cl2F2N2O/c9-6-3(2-13)1-4(8(11)12)5(14-6)7(10)15/h1,8H. The van der Waals surface area contributed by atoms with Gasteiger partial charge in [0.1, 0.15) is 16.9 Å². The minimum atomic E-state index is -2.94. The predicted molar refractivity (Wildman–Crippen MR) is 49.1 cm³/mol. The number of pyridine rings is 1. The number of halogens is 4. The third-order valence-electron chi connectivity index (χ3n) is 1.55. The van der Waals surface area contributed by atoms with Gasteiger partial charge >= 0.3 is 0 Å². The van der Waals surface area contributed by atoms with Crippen LogP contribution in [0.3, 0.4) is 0 Å². The molecule has 0 spiro atoms. The van der Waals surface area contributed by atoms with E-state index >= 15 is 0 Å². The van der Waals surface area contributed by atoms with E-state index in [0.717, 1.165) is 6.07 Å². The van der Waals surface area contributed by atoms with E-state index in [0.29, 0.717) is 0 Å². The fraction of sp³-hybridized carbons (Fsp3) is 0.125. The number of rotatable bonds is 2. The van der Waals surface area contributed by atoms with Crippen LogP contribution < -0.4 is 0 Å². The minimum Gasteiger partial charge on any atom is -0.274 e. The number of alkyl halides is 2. The number of aromatic nitrogens is 1. The van der Waals surface area contributed by atoms with Gasteiger partial charge in [-0.05, 0) is 17.7 Å². The summed E-state index contributed by atoms with van der Waals surface area (Å²) in [6, 6.07) is 2.38. The van der Waals surface area contributed by atoms with E-state index in [2.05, 4.69) is 4.98 Å². The molecule has 0 fully saturated rings. The lowest BCUT2D eigenvalue weighted by Gasteiger charge is -2.05. The number of carbonyl (C=O) groups excluding carboxylic acids is 1. The van der Waals surface area contributed by atoms with E-state index < -0.39 is 22.9 Å². The first kappa shape index (κ1) is 11.8. The molecule has 3 nitrogen and oxygen atoms in total. The van der Waals surface area contributed by atoms with Gasteiger partial charge in [0, 0.05) is 5.56 Å². The molecule has 0 N–H and O–H groups in total. The second kappa shape index (κ2) is 4.51. The first-order valence-electron chi connectivity index (χ1n) is 3.56. The molecule has 0 aromatic carbocycles. The molecule has 0 unspecified atom stereocenters. The zero-order chi connectivity index (χ0) is 11.6. The van der Waals surface area contributed by atoms with Crippen LogP contribution in [0.15, 0.2) is 6.07 Å². The van der Waals surface area contributed by atoms with E-state index in [-0.39, 0.29) is 10.7 Å². The Kier molecular flexibility index (Phi) is 3.56. The molecule has 0 bridgehead atoms. The molecule has 0 aliphatic heterocycles. The van der Waals surface area contributed by atoms with E-state index in [9.17, 15) is 13.6 Å². The quantitative estimate of drug-likeness (QED) is 0.599. The zero-order valence-corrected chi connectivity index (χ0v) is 8.48. The van der Waals surface area contributed by atoms with Crippen molar-refractivity contribution in [3.8, 4) is 6.07 Å². The van der Waals surface area contributed by atoms with Gasteiger partial charge in [0.15, 0.2) is 0 Å². The highest BCUT2D eigenvalue weighted by molar-refractivity contribution is 6.67. The van der Waals surface area contributed by atoms with Gasteiger partial charge in [-0.15, -0.1) is 0 Å². The summed E-state index contributed by atoms with van der Waals surface area (Å²) in [7, 11) is 0. The van der Waals surface area contributed by atoms with Crippen LogP contribution in [0.2, 0.25) is 5.15 Å². The van der Waals surface area contributed by atoms with Crippen LogP contribution in [0.1, 0.15) is 28.0 Å². The second-order valence-electron chi connectivity index (χ2n) is 2.45. The Bertz CT molecular complexity index is 457. The number of hydrogen-bond donors (Lipinski definition) is 0. The maximum absolute atomic E-state index is 12.4. The molecule has 1 aromatic heterocycles. The van der Waals surface area contributed by atoms with Crippen LogP contribution in [0.4, 0.5) is 8.78 Å². The molecule has 0 saturated carbocycles. The van der Waals surface area contributed by atoms with Crippen molar-refractivity contribution in [3.05, 3.63) is 28.0 Å². The SMILES string of the molecule is N#Cc1cc(C(F)F)c(C(=O)Cl)nc1Cl. The lowest BCUT2D eigenvalue weighted by Crippen LogP contribution is -2.03. The molecular formula is C8H2Cl2F2N2O. The highest BCUT2D eigenvalue weighted by Gasteiger charge is 2.21. The van der Waals surface area contributed by atoms with Crippen LogP contribution >= 0.6 is 23.2 Å². The van der Waals surface area contributed by atoms with Gasteiger partial charge in [-0.1, -0.05) is 11.6 Å². The van der Waals surface area contributed by atoms with E-state index in [4.69, 9.17) is 28.5 Å². The third kappa shape index (κ3) is 2.41. The maximum Gasteiger partial charge on any atom is 0.271 e. The monoisotopic (exact) mass is 250 g/mol. The molecule has 0 aliphatic rings. The number of nitriles is 1. The van der Waals surface area contributed by atoms with Crippen LogP contribution in [-0.4, -0.2) is 10.2 Å². The topological polar surface area (TPSA) is 53.8 Å². The summed E-state index contributed by atoms with van der Waals surface area (Å²) in [5.74, 6) is 0. The van der Waals surface area contributed by atoms with Gasteiger partial charge < -0.3 is 0 Å². The Balaban J connectivity index is 3.47. The first-order chi connectivity index (χ1) is 6.97. The van der Waals surface area contributed by atoms with Crippen molar-refractivity contribution in [2.24, 2.45) is 0 Å². The number of carbonyl (C=O) groups is 1. The smallest absolute Gasteiger partial charge is 0.271 e. The molecule has 0 atom stereocenters. The Labute approximate surface area is 93.2 Å². The molecule has 0 amide bonds. The molecule has 1 heterocycles. The summed E-state index contributed by atoms with van der Waals surface area (Å²) in [6.07, 6.45) is -2.94. The summed E-state index contributed by atoms with van der Waals surface area (Å²) in [6.45, 7) is 0. The predicted octanol–water partition coefficient (Wildman–Crippen LogP) is 2.92. The second-order valence-corrected chi connectivity index (χ2v) is 3.15. The number of nitrogens with zero attached hydrogens (tertiary/aromatic N) is 2. The van der Waals surface area contributed by atoms with Crippen molar-refractivity contribution in [2.75, 3.05) is 0 Å². The largest absolute Gasteiger partial charge is 0.274 e. The van der Waals surface area contributed by atoms with Crippen molar-refractivity contribution < 1.29 is 13.6 Å². The Hall–Kier alpha value is -1.25. The molecule has 7 heteroatoms. The lowest BCUT2D eigenvalue weighted by molar-refractivity contribution is 0.106. The summed E-state index contributed by atoms with van der Waals surface area (Å²) in [5, 5.41) is 7.05. The third-order valence-corrected chi connectivity index (χ3v) is 2.01. The molecule has 1 rings (SSSR count). The molecule has 0 aliphatic carbocycles. The fourth-order valence-corrected chi connectivity index (χ4v) is 1.24. The van der Waals surface area contributed by atoms with Gasteiger partial charge in [-0.25, -0.2) is 13.8 Å². The van der Waals surface area contributed by atoms with Crippen LogP contribution in [-0.2, 0) is 0 Å². The highest BCUT2D eigenvalue weighted by atomic mass is 35.5. The molecule has 78 valence electrons. The Morgan fingerprint density at radius 1 is 1.60 bits per heavy atom. The van der Waals surface area contributed by atoms with Crippen molar-refractivity contribution in [1.82, 2.24) is 4.98 Å². The van der Waals surface area contributed by atoms with Gasteiger partial charge in [0.25, 0.3) is 11.7 Å². The zero-order valence-electron chi connectivity index (χ0n) is 6.97. The molecule has 15 heavy (non-hydrogen) atoms. The number of hydrogen-bond acceptors (Lipinski definition) is 3. The van der Waals surface area contributed by atoms with Gasteiger partial charge in [-0.3, -0.25) is 4.79 Å². The highest BCUT2D eigenvalue weighted by Crippen LogP contribution is 2.26. The average Bonchev–Trinajstić information content (AvgIpc) is 2.16. The van der Waals surface area contributed by atoms with Gasteiger partial charge in [0.05, 0.1) is 5.56 Å². The van der Waals surface area contributed by atoms with Crippen molar-refractivity contribution in [2.45, 2.75) is 6.43 Å². The van der Waals surface area contributed by atoms with Crippen LogP contribution in [0.25, 0.3) is 0 Å². The Morgan fingerprint density at radius 2 is 2.20 bits per heavy atom. The van der Waals surface area contributed by atoms with Gasteiger partial charge in [-0.2, -0.15) is 5.26 Å². The van der Waals surface area contributed by atoms with E-state index in [1.165, 1.54) is 0 Å². The fourth-order valence-electron chi connectivity index (χ4n) is 0.909. The molecule has 1 aromatic rings. The van der Waals surface area contributed by atoms with E-state index in [1.807, 2.05) is 0 Å². The van der Waals surface area contributed by atoms with Crippen LogP contribution in [0.5, 0.6) is 0 Å². The first-order valence-corrected chi connectivity index (χ1v) is 4.31. The van der Waals surface area contributed by atoms with Crippen molar-refractivity contribution in [3.63, 3.8) is 0 Å². The molecular weight excluding hydrogens is 249 g/mol. The molecule has 0 radical (unpaired) electrons. The van der Waals surface area contributed by atoms with Crippen molar-refractivity contribution >= 4 is 28.4 Å². The van der Waals surface area contributed by atoms with Crippen molar-refractivity contribution in [1.29, 1.82) is 5.26 Å². The summed E-state index contributed by atoms with van der Waals surface area (Å²) in [4.78, 5) is 14.1. The van der Waals surface area contributed by atoms with Crippen LogP contribution in [0, 0.1) is 11.3 Å². The Morgan fingerprint density at radius 3 is 2.60 bits per heavy atom. The van der Waals surface area contributed by atoms with Gasteiger partial charge in [0.2, 0.25) is 0 Å². The molecule has 0 saturated heterocycles. The summed E-state index contributed by atoms with van der Waals surface area (Å²) in [5.41, 5.74) is -1.56. The maximum atomic E-state index is 12.4. The average molecular weight is 251 g/mol. The normalized spacial score (nSPS) is 10.1. The summed E-state index contributed by atoms with van der Waals surface area (Å²) >= 11 is 10.5. The minimum absolute atomic E-state index is 0.228. The van der Waals surface area contributed by atoms with E-state index in [1.54, 1.807) is 6.07 Å². The summed E-state index contributed by atoms with van der Waals surface area (Å²) < 4.78 is 24.9. The lowest BCUT2D eigenvalue weighted by atomic mass is 10.1.